The van der Waals surface area contributed by atoms with Crippen molar-refractivity contribution in [3.05, 3.63) is 35.1 Å². The minimum absolute atomic E-state index is 0.00795. The highest BCUT2D eigenvalue weighted by atomic mass is 19.2. The molecule has 0 saturated heterocycles. The fourth-order valence-corrected chi connectivity index (χ4v) is 1.18. The van der Waals surface area contributed by atoms with Gasteiger partial charge in [0.15, 0.2) is 17.5 Å². The van der Waals surface area contributed by atoms with Crippen LogP contribution in [-0.4, -0.2) is 18.3 Å². The van der Waals surface area contributed by atoms with E-state index in [2.05, 4.69) is 0 Å². The zero-order valence-corrected chi connectivity index (χ0v) is 8.23. The quantitative estimate of drug-likeness (QED) is 0.753. The van der Waals surface area contributed by atoms with Crippen molar-refractivity contribution in [2.75, 3.05) is 13.2 Å². The van der Waals surface area contributed by atoms with Crippen molar-refractivity contribution in [1.82, 2.24) is 0 Å². The van der Waals surface area contributed by atoms with Crippen LogP contribution in [0.4, 0.5) is 13.2 Å². The van der Waals surface area contributed by atoms with Gasteiger partial charge in [0.2, 0.25) is 0 Å². The standard InChI is InChI=1S/C10H12F3NO/c1-10(4-14,5-15)6-2-7(11)9(13)8(12)3-6/h2-3,15H,4-5,14H2,1H3. The second-order valence-electron chi connectivity index (χ2n) is 3.68. The molecule has 1 unspecified atom stereocenters. The van der Waals surface area contributed by atoms with Crippen LogP contribution in [0.2, 0.25) is 0 Å². The molecule has 0 aromatic heterocycles. The van der Waals surface area contributed by atoms with Crippen molar-refractivity contribution in [3.63, 3.8) is 0 Å². The SMILES string of the molecule is CC(CN)(CO)c1cc(F)c(F)c(F)c1. The molecule has 15 heavy (non-hydrogen) atoms. The van der Waals surface area contributed by atoms with Gasteiger partial charge in [0.05, 0.1) is 6.61 Å². The van der Waals surface area contributed by atoms with E-state index in [4.69, 9.17) is 10.8 Å². The maximum absolute atomic E-state index is 12.9. The molecular formula is C10H12F3NO. The summed E-state index contributed by atoms with van der Waals surface area (Å²) in [4.78, 5) is 0. The summed E-state index contributed by atoms with van der Waals surface area (Å²) in [7, 11) is 0. The van der Waals surface area contributed by atoms with Crippen LogP contribution in [0.1, 0.15) is 12.5 Å². The number of rotatable bonds is 3. The summed E-state index contributed by atoms with van der Waals surface area (Å²) < 4.78 is 38.5. The topological polar surface area (TPSA) is 46.2 Å². The molecule has 0 fully saturated rings. The van der Waals surface area contributed by atoms with Crippen LogP contribution in [0.3, 0.4) is 0 Å². The van der Waals surface area contributed by atoms with Gasteiger partial charge in [0, 0.05) is 12.0 Å². The normalized spacial score (nSPS) is 15.1. The molecule has 1 rings (SSSR count). The van der Waals surface area contributed by atoms with Crippen molar-refractivity contribution in [2.45, 2.75) is 12.3 Å². The minimum atomic E-state index is -1.52. The molecule has 0 bridgehead atoms. The third-order valence-corrected chi connectivity index (χ3v) is 2.48. The molecule has 0 spiro atoms. The second kappa shape index (κ2) is 4.20. The first-order valence-electron chi connectivity index (χ1n) is 4.40. The number of nitrogens with two attached hydrogens (primary N) is 1. The van der Waals surface area contributed by atoms with E-state index in [1.807, 2.05) is 0 Å². The van der Waals surface area contributed by atoms with Crippen molar-refractivity contribution >= 4 is 0 Å². The van der Waals surface area contributed by atoms with Gasteiger partial charge >= 0.3 is 0 Å². The summed E-state index contributed by atoms with van der Waals surface area (Å²) in [5.41, 5.74) is 4.57. The number of hydrogen-bond donors (Lipinski definition) is 2. The van der Waals surface area contributed by atoms with Crippen molar-refractivity contribution < 1.29 is 18.3 Å². The number of benzene rings is 1. The van der Waals surface area contributed by atoms with E-state index in [0.29, 0.717) is 0 Å². The van der Waals surface area contributed by atoms with E-state index >= 15 is 0 Å². The van der Waals surface area contributed by atoms with Gasteiger partial charge in [-0.1, -0.05) is 6.92 Å². The maximum Gasteiger partial charge on any atom is 0.194 e. The van der Waals surface area contributed by atoms with Crippen molar-refractivity contribution in [2.24, 2.45) is 5.73 Å². The fraction of sp³-hybridized carbons (Fsp3) is 0.400. The smallest absolute Gasteiger partial charge is 0.194 e. The van der Waals surface area contributed by atoms with Gasteiger partial charge in [-0.05, 0) is 17.7 Å². The summed E-state index contributed by atoms with van der Waals surface area (Å²) in [6, 6.07) is 1.70. The van der Waals surface area contributed by atoms with E-state index in [1.165, 1.54) is 0 Å². The Kier molecular flexibility index (Phi) is 3.36. The molecule has 0 aliphatic carbocycles. The predicted octanol–water partition coefficient (Wildman–Crippen LogP) is 1.31. The van der Waals surface area contributed by atoms with Crippen LogP contribution in [0.25, 0.3) is 0 Å². The Morgan fingerprint density at radius 1 is 1.27 bits per heavy atom. The average Bonchev–Trinajstić information content (AvgIpc) is 2.24. The van der Waals surface area contributed by atoms with E-state index < -0.39 is 22.9 Å². The van der Waals surface area contributed by atoms with Crippen LogP contribution in [0.5, 0.6) is 0 Å². The summed E-state index contributed by atoms with van der Waals surface area (Å²) >= 11 is 0. The van der Waals surface area contributed by atoms with Gasteiger partial charge in [-0.15, -0.1) is 0 Å². The molecule has 1 atom stereocenters. The first-order chi connectivity index (χ1) is 6.94. The Bertz CT molecular complexity index is 341. The summed E-state index contributed by atoms with van der Waals surface area (Å²) in [5.74, 6) is -4.08. The molecular weight excluding hydrogens is 207 g/mol. The van der Waals surface area contributed by atoms with Gasteiger partial charge in [-0.3, -0.25) is 0 Å². The molecule has 0 radical (unpaired) electrons. The van der Waals surface area contributed by atoms with Gasteiger partial charge in [-0.25, -0.2) is 13.2 Å². The maximum atomic E-state index is 12.9. The largest absolute Gasteiger partial charge is 0.395 e. The fourth-order valence-electron chi connectivity index (χ4n) is 1.18. The molecule has 1 aromatic carbocycles. The number of hydrogen-bond acceptors (Lipinski definition) is 2. The first kappa shape index (κ1) is 12.0. The van der Waals surface area contributed by atoms with E-state index in [1.54, 1.807) is 6.92 Å². The zero-order valence-electron chi connectivity index (χ0n) is 8.23. The molecule has 84 valence electrons. The number of aliphatic hydroxyl groups is 1. The third kappa shape index (κ3) is 2.13. The van der Waals surface area contributed by atoms with Gasteiger partial charge in [0.1, 0.15) is 0 Å². The monoisotopic (exact) mass is 219 g/mol. The van der Waals surface area contributed by atoms with Gasteiger partial charge in [-0.2, -0.15) is 0 Å². The lowest BCUT2D eigenvalue weighted by Gasteiger charge is -2.26. The predicted molar refractivity (Wildman–Crippen MR) is 49.8 cm³/mol. The van der Waals surface area contributed by atoms with Crippen molar-refractivity contribution in [1.29, 1.82) is 0 Å². The summed E-state index contributed by atoms with van der Waals surface area (Å²) in [6.45, 7) is 1.18. The van der Waals surface area contributed by atoms with Crippen LogP contribution in [0, 0.1) is 17.5 Å². The zero-order chi connectivity index (χ0) is 11.6. The molecule has 0 saturated carbocycles. The van der Waals surface area contributed by atoms with Gasteiger partial charge < -0.3 is 10.8 Å². The van der Waals surface area contributed by atoms with E-state index in [0.717, 1.165) is 12.1 Å². The Morgan fingerprint density at radius 2 is 1.73 bits per heavy atom. The molecule has 0 heterocycles. The van der Waals surface area contributed by atoms with Crippen LogP contribution in [-0.2, 0) is 5.41 Å². The highest BCUT2D eigenvalue weighted by Gasteiger charge is 2.26. The highest BCUT2D eigenvalue weighted by molar-refractivity contribution is 5.27. The molecule has 0 aliphatic heterocycles. The summed E-state index contributed by atoms with van der Waals surface area (Å²) in [6.07, 6.45) is 0. The summed E-state index contributed by atoms with van der Waals surface area (Å²) in [5, 5.41) is 9.07. The van der Waals surface area contributed by atoms with E-state index in [9.17, 15) is 13.2 Å². The lowest BCUT2D eigenvalue weighted by molar-refractivity contribution is 0.209. The lowest BCUT2D eigenvalue weighted by atomic mass is 9.83. The molecule has 5 heteroatoms. The van der Waals surface area contributed by atoms with Gasteiger partial charge in [0.25, 0.3) is 0 Å². The molecule has 0 aliphatic rings. The Labute approximate surface area is 85.5 Å². The van der Waals surface area contributed by atoms with Crippen molar-refractivity contribution in [3.8, 4) is 0 Å². The molecule has 0 amide bonds. The Morgan fingerprint density at radius 3 is 2.07 bits per heavy atom. The average molecular weight is 219 g/mol. The van der Waals surface area contributed by atoms with Crippen LogP contribution in [0.15, 0.2) is 12.1 Å². The molecule has 3 N–H and O–H groups in total. The highest BCUT2D eigenvalue weighted by Crippen LogP contribution is 2.25. The molecule has 2 nitrogen and oxygen atoms in total. The van der Waals surface area contributed by atoms with Crippen LogP contribution < -0.4 is 5.73 Å². The lowest BCUT2D eigenvalue weighted by Crippen LogP contribution is -2.35. The van der Waals surface area contributed by atoms with E-state index in [-0.39, 0.29) is 18.7 Å². The number of aliphatic hydroxyl groups excluding tert-OH is 1. The Balaban J connectivity index is 3.27. The second-order valence-corrected chi connectivity index (χ2v) is 3.68. The Hall–Kier alpha value is -1.07. The third-order valence-electron chi connectivity index (χ3n) is 2.48. The minimum Gasteiger partial charge on any atom is -0.395 e. The molecule has 1 aromatic rings. The number of halogens is 3. The van der Waals surface area contributed by atoms with Crippen LogP contribution >= 0.6 is 0 Å². The first-order valence-corrected chi connectivity index (χ1v) is 4.40.